The van der Waals surface area contributed by atoms with Gasteiger partial charge in [-0.2, -0.15) is 0 Å². The molecule has 282 valence electrons. The molecule has 0 aromatic rings. The van der Waals surface area contributed by atoms with Crippen LogP contribution >= 0.6 is 0 Å². The number of aldehydes is 1. The van der Waals surface area contributed by atoms with E-state index in [0.29, 0.717) is 0 Å². The minimum absolute atomic E-state index is 0.0258. The number of aliphatic hydroxyl groups excluding tert-OH is 19. The average molecular weight is 705 g/mol. The van der Waals surface area contributed by atoms with Crippen molar-refractivity contribution in [1.82, 2.24) is 0 Å². The Hall–Kier alpha value is -1.21. The van der Waals surface area contributed by atoms with Crippen molar-refractivity contribution in [2.45, 2.75) is 104 Å². The minimum atomic E-state index is -2.22. The van der Waals surface area contributed by atoms with Crippen LogP contribution in [0.2, 0.25) is 0 Å². The predicted octanol–water partition coefficient (Wildman–Crippen LogP) is -12.4. The molecule has 19 N–H and O–H groups in total. The number of hydrogen-bond acceptors (Lipinski definition) is 23. The van der Waals surface area contributed by atoms with Gasteiger partial charge in [-0.15, -0.1) is 0 Å². The quantitative estimate of drug-likeness (QED) is 0.0703. The maximum absolute atomic E-state index is 10.00. The molecule has 2 fully saturated rings. The second-order valence-corrected chi connectivity index (χ2v) is 10.4. The molecule has 0 saturated carbocycles. The van der Waals surface area contributed by atoms with Crippen LogP contribution in [0.4, 0.5) is 0 Å². The van der Waals surface area contributed by atoms with Crippen molar-refractivity contribution in [2.24, 2.45) is 0 Å². The Labute approximate surface area is 266 Å². The first kappa shape index (κ1) is 45.8. The van der Waals surface area contributed by atoms with Gasteiger partial charge in [-0.05, 0) is 0 Å². The zero-order chi connectivity index (χ0) is 36.8. The maximum Gasteiger partial charge on any atom is 0.224 e. The van der Waals surface area contributed by atoms with Crippen LogP contribution in [0.15, 0.2) is 0 Å². The third-order valence-corrected chi connectivity index (χ3v) is 7.00. The van der Waals surface area contributed by atoms with Gasteiger partial charge < -0.3 is 116 Å². The number of ether oxygens (including phenoxy) is 3. The van der Waals surface area contributed by atoms with E-state index < -0.39 is 143 Å². The third-order valence-electron chi connectivity index (χ3n) is 7.00. The third kappa shape index (κ3) is 12.3. The molecule has 0 unspecified atom stereocenters. The molecule has 23 heteroatoms. The summed E-state index contributed by atoms with van der Waals surface area (Å²) in [6.07, 6.45) is -25.9. The first-order chi connectivity index (χ1) is 21.9. The summed E-state index contributed by atoms with van der Waals surface area (Å²) in [6.45, 7) is -4.53. The highest BCUT2D eigenvalue weighted by atomic mass is 16.8. The molecule has 17 atom stereocenters. The Morgan fingerprint density at radius 3 is 1.36 bits per heavy atom. The van der Waals surface area contributed by atoms with Crippen LogP contribution in [0.5, 0.6) is 0 Å². The fraction of sp³-hybridized carbons (Fsp3) is 0.958. The highest BCUT2D eigenvalue weighted by Gasteiger charge is 2.58. The van der Waals surface area contributed by atoms with Crippen molar-refractivity contribution in [1.29, 1.82) is 0 Å². The fourth-order valence-corrected chi connectivity index (χ4v) is 3.92. The van der Waals surface area contributed by atoms with Crippen LogP contribution in [0, 0.1) is 0 Å². The molecule has 2 aliphatic heterocycles. The van der Waals surface area contributed by atoms with E-state index in [1.165, 1.54) is 0 Å². The lowest BCUT2D eigenvalue weighted by atomic mass is 9.99. The van der Waals surface area contributed by atoms with Crippen LogP contribution in [-0.2, 0) is 19.0 Å². The Balaban J connectivity index is 0.000000749. The number of hydrogen-bond donors (Lipinski definition) is 19. The molecular formula is C24H48O23. The summed E-state index contributed by atoms with van der Waals surface area (Å²) in [7, 11) is 0. The highest BCUT2D eigenvalue weighted by molar-refractivity contribution is 5.56. The standard InChI is InChI=1S/C12H22O11.C6H14O6.C6H12O6/c13-1-4-6(16)8(18)9(19)11(21-4)23-12(3-15)10(20)7(17)5(2-14)22-12;2*7-1-3(9)5(11)6(12)4(10)2-8/h4-11,13-20H,1-3H2;3-12H,1-2H2;1,3-6,8-12H,2H2/t4-,5-,6-,7-,8+,9-,10+,11-,12+;3-,4+,5-,6-;3-,4+,5+,6+/m110/s1. The molecule has 2 aliphatic rings. The smallest absolute Gasteiger partial charge is 0.224 e. The van der Waals surface area contributed by atoms with Crippen molar-refractivity contribution >= 4 is 6.29 Å². The average Bonchev–Trinajstić information content (AvgIpc) is 3.34. The summed E-state index contributed by atoms with van der Waals surface area (Å²) in [4.78, 5) is 9.90. The monoisotopic (exact) mass is 704 g/mol. The molecule has 2 heterocycles. The van der Waals surface area contributed by atoms with Crippen molar-refractivity contribution in [2.75, 3.05) is 39.6 Å². The normalized spacial score (nSPS) is 35.9. The molecule has 0 aromatic carbocycles. The first-order valence-corrected chi connectivity index (χ1v) is 13.9. The Kier molecular flexibility index (Phi) is 21.2. The van der Waals surface area contributed by atoms with Gasteiger partial charge in [-0.3, -0.25) is 0 Å². The van der Waals surface area contributed by atoms with E-state index in [-0.39, 0.29) is 6.29 Å². The highest BCUT2D eigenvalue weighted by Crippen LogP contribution is 2.35. The van der Waals surface area contributed by atoms with Gasteiger partial charge in [0.25, 0.3) is 0 Å². The Bertz CT molecular complexity index is 827. The molecule has 47 heavy (non-hydrogen) atoms. The van der Waals surface area contributed by atoms with E-state index in [4.69, 9.17) is 80.6 Å². The summed E-state index contributed by atoms with van der Waals surface area (Å²) >= 11 is 0. The van der Waals surface area contributed by atoms with Gasteiger partial charge in [0.05, 0.1) is 33.0 Å². The van der Waals surface area contributed by atoms with Crippen molar-refractivity contribution in [3.63, 3.8) is 0 Å². The van der Waals surface area contributed by atoms with Gasteiger partial charge in [0, 0.05) is 0 Å². The second-order valence-electron chi connectivity index (χ2n) is 10.4. The topological polar surface area (TPSA) is 429 Å². The molecule has 0 amide bonds. The van der Waals surface area contributed by atoms with Gasteiger partial charge in [0.15, 0.2) is 12.6 Å². The van der Waals surface area contributed by atoms with E-state index in [1.54, 1.807) is 0 Å². The zero-order valence-electron chi connectivity index (χ0n) is 24.7. The van der Waals surface area contributed by atoms with E-state index in [0.717, 1.165) is 0 Å². The SMILES string of the molecule is O=C[C@H](O)[C@@H](O)[C@H](O)[C@H](O)CO.OC[C@@H](O)[C@@H](O)[C@H](O)[C@@H](O)CO.OC[C@H]1O[C@@](CO)(O[C@H]2O[C@H](CO)[C@@H](O)[C@H](O)[C@H]2O)[C@@H](O)[C@@H]1O. The van der Waals surface area contributed by atoms with Crippen LogP contribution in [0.3, 0.4) is 0 Å². The number of aliphatic hydroxyl groups is 19. The van der Waals surface area contributed by atoms with Gasteiger partial charge >= 0.3 is 0 Å². The summed E-state index contributed by atoms with van der Waals surface area (Å²) in [6, 6.07) is 0. The molecule has 2 saturated heterocycles. The molecule has 0 bridgehead atoms. The van der Waals surface area contributed by atoms with Crippen molar-refractivity contribution in [3.8, 4) is 0 Å². The molecule has 0 aliphatic carbocycles. The zero-order valence-corrected chi connectivity index (χ0v) is 24.7. The second kappa shape index (κ2) is 21.8. The van der Waals surface area contributed by atoms with Gasteiger partial charge in [0.1, 0.15) is 98.2 Å². The maximum atomic E-state index is 10.00. The summed E-state index contributed by atoms with van der Waals surface area (Å²) < 4.78 is 15.4. The van der Waals surface area contributed by atoms with Gasteiger partial charge in [-0.1, -0.05) is 0 Å². The van der Waals surface area contributed by atoms with Gasteiger partial charge in [-0.25, -0.2) is 0 Å². The molecule has 0 radical (unpaired) electrons. The summed E-state index contributed by atoms with van der Waals surface area (Å²) in [5.41, 5.74) is 0. The minimum Gasteiger partial charge on any atom is -0.394 e. The Morgan fingerprint density at radius 2 is 1.02 bits per heavy atom. The van der Waals surface area contributed by atoms with Crippen molar-refractivity contribution in [3.05, 3.63) is 0 Å². The van der Waals surface area contributed by atoms with E-state index in [2.05, 4.69) is 0 Å². The predicted molar refractivity (Wildman–Crippen MR) is 144 cm³/mol. The van der Waals surface area contributed by atoms with E-state index in [1.807, 2.05) is 0 Å². The number of rotatable bonds is 15. The lowest BCUT2D eigenvalue weighted by molar-refractivity contribution is -0.383. The van der Waals surface area contributed by atoms with Crippen LogP contribution in [0.25, 0.3) is 0 Å². The van der Waals surface area contributed by atoms with Crippen LogP contribution < -0.4 is 0 Å². The molecular weight excluding hydrogens is 656 g/mol. The molecule has 0 aromatic heterocycles. The van der Waals surface area contributed by atoms with Crippen LogP contribution in [0.1, 0.15) is 0 Å². The molecule has 2 rings (SSSR count). The number of carbonyl (C=O) groups is 1. The first-order valence-electron chi connectivity index (χ1n) is 13.9. The summed E-state index contributed by atoms with van der Waals surface area (Å²) in [5.74, 6) is -2.22. The van der Waals surface area contributed by atoms with E-state index in [9.17, 15) is 35.4 Å². The lowest BCUT2D eigenvalue weighted by Crippen LogP contribution is -2.62. The lowest BCUT2D eigenvalue weighted by Gasteiger charge is -2.43. The largest absolute Gasteiger partial charge is 0.394 e. The Morgan fingerprint density at radius 1 is 0.596 bits per heavy atom. The van der Waals surface area contributed by atoms with Crippen molar-refractivity contribution < 1.29 is 116 Å². The van der Waals surface area contributed by atoms with Gasteiger partial charge in [0.2, 0.25) is 5.79 Å². The number of carbonyl (C=O) groups excluding carboxylic acids is 1. The molecule has 23 nitrogen and oxygen atoms in total. The molecule has 0 spiro atoms. The summed E-state index contributed by atoms with van der Waals surface area (Å²) in [5, 5.41) is 172. The van der Waals surface area contributed by atoms with Crippen LogP contribution in [-0.4, -0.2) is 247 Å². The fourth-order valence-electron chi connectivity index (χ4n) is 3.92. The van der Waals surface area contributed by atoms with E-state index >= 15 is 0 Å².